The zero-order valence-electron chi connectivity index (χ0n) is 12.3. The Labute approximate surface area is 133 Å². The Morgan fingerprint density at radius 2 is 2.05 bits per heavy atom. The van der Waals surface area contributed by atoms with Crippen LogP contribution in [-0.2, 0) is 0 Å². The molecule has 0 aromatic carbocycles. The van der Waals surface area contributed by atoms with Crippen LogP contribution in [-0.4, -0.2) is 54.1 Å². The van der Waals surface area contributed by atoms with Crippen molar-refractivity contribution in [2.45, 2.75) is 0 Å². The summed E-state index contributed by atoms with van der Waals surface area (Å²) in [6.07, 6.45) is 1.48. The average molecular weight is 318 g/mol. The molecule has 116 valence electrons. The van der Waals surface area contributed by atoms with Crippen molar-refractivity contribution in [2.75, 3.05) is 48.8 Å². The largest absolute Gasteiger partial charge is 0.354 e. The maximum Gasteiger partial charge on any atom is 0.325 e. The third kappa shape index (κ3) is 3.71. The molecule has 3 heterocycles. The van der Waals surface area contributed by atoms with Gasteiger partial charge in [-0.2, -0.15) is 0 Å². The SMILES string of the molecule is CN1CCN(c2cc(NC(=O)Nc3cccs3)ncn2)CC1. The molecule has 2 aromatic rings. The topological polar surface area (TPSA) is 73.4 Å². The number of hydrogen-bond donors (Lipinski definition) is 2. The Morgan fingerprint density at radius 3 is 2.77 bits per heavy atom. The predicted molar refractivity (Wildman–Crippen MR) is 88.7 cm³/mol. The molecular formula is C14H18N6OS. The lowest BCUT2D eigenvalue weighted by molar-refractivity contribution is 0.262. The van der Waals surface area contributed by atoms with Crippen LogP contribution in [0.4, 0.5) is 21.4 Å². The number of nitrogens with one attached hydrogen (secondary N) is 2. The molecule has 2 N–H and O–H groups in total. The third-order valence-electron chi connectivity index (χ3n) is 3.48. The number of amides is 2. The van der Waals surface area contributed by atoms with Crippen LogP contribution in [0, 0.1) is 0 Å². The van der Waals surface area contributed by atoms with Gasteiger partial charge in [-0.25, -0.2) is 14.8 Å². The number of urea groups is 1. The van der Waals surface area contributed by atoms with Crippen molar-refractivity contribution in [3.8, 4) is 0 Å². The summed E-state index contributed by atoms with van der Waals surface area (Å²) < 4.78 is 0. The summed E-state index contributed by atoms with van der Waals surface area (Å²) in [6, 6.07) is 5.24. The molecule has 0 saturated carbocycles. The quantitative estimate of drug-likeness (QED) is 0.905. The average Bonchev–Trinajstić information content (AvgIpc) is 3.01. The van der Waals surface area contributed by atoms with Crippen molar-refractivity contribution in [3.63, 3.8) is 0 Å². The molecule has 8 heteroatoms. The van der Waals surface area contributed by atoms with Crippen molar-refractivity contribution in [1.82, 2.24) is 14.9 Å². The van der Waals surface area contributed by atoms with E-state index in [1.54, 1.807) is 6.07 Å². The van der Waals surface area contributed by atoms with Crippen LogP contribution in [0.1, 0.15) is 0 Å². The van der Waals surface area contributed by atoms with Gasteiger partial charge in [0.2, 0.25) is 0 Å². The number of rotatable bonds is 3. The van der Waals surface area contributed by atoms with E-state index in [-0.39, 0.29) is 6.03 Å². The third-order valence-corrected chi connectivity index (χ3v) is 4.26. The number of likely N-dealkylation sites (N-methyl/N-ethyl adjacent to an activating group) is 1. The summed E-state index contributed by atoms with van der Waals surface area (Å²) in [5, 5.41) is 8.21. The van der Waals surface area contributed by atoms with Crippen LogP contribution in [0.15, 0.2) is 29.9 Å². The van der Waals surface area contributed by atoms with Crippen molar-refractivity contribution in [3.05, 3.63) is 29.9 Å². The Balaban J connectivity index is 1.62. The van der Waals surface area contributed by atoms with Gasteiger partial charge < -0.3 is 9.80 Å². The summed E-state index contributed by atoms with van der Waals surface area (Å²) in [6.45, 7) is 3.86. The highest BCUT2D eigenvalue weighted by molar-refractivity contribution is 7.14. The molecule has 22 heavy (non-hydrogen) atoms. The second-order valence-electron chi connectivity index (χ2n) is 5.11. The fourth-order valence-corrected chi connectivity index (χ4v) is 2.85. The molecule has 0 atom stereocenters. The fraction of sp³-hybridized carbons (Fsp3) is 0.357. The van der Waals surface area contributed by atoms with Gasteiger partial charge in [-0.3, -0.25) is 10.6 Å². The van der Waals surface area contributed by atoms with E-state index in [9.17, 15) is 4.79 Å². The van der Waals surface area contributed by atoms with Crippen LogP contribution in [0.3, 0.4) is 0 Å². The normalized spacial score (nSPS) is 15.6. The Hall–Kier alpha value is -2.19. The maximum atomic E-state index is 11.9. The van der Waals surface area contributed by atoms with Gasteiger partial charge in [0.25, 0.3) is 0 Å². The van der Waals surface area contributed by atoms with Gasteiger partial charge in [0.05, 0.1) is 5.00 Å². The van der Waals surface area contributed by atoms with Gasteiger partial charge in [0.15, 0.2) is 0 Å². The van der Waals surface area contributed by atoms with Gasteiger partial charge >= 0.3 is 6.03 Å². The fourth-order valence-electron chi connectivity index (χ4n) is 2.23. The van der Waals surface area contributed by atoms with E-state index in [1.807, 2.05) is 17.5 Å². The molecule has 0 bridgehead atoms. The lowest BCUT2D eigenvalue weighted by Crippen LogP contribution is -2.44. The molecule has 2 aromatic heterocycles. The van der Waals surface area contributed by atoms with E-state index in [0.717, 1.165) is 37.0 Å². The maximum absolute atomic E-state index is 11.9. The number of thiophene rings is 1. The molecule has 1 saturated heterocycles. The second kappa shape index (κ2) is 6.71. The molecule has 2 amide bonds. The monoisotopic (exact) mass is 318 g/mol. The minimum atomic E-state index is -0.300. The lowest BCUT2D eigenvalue weighted by Gasteiger charge is -2.33. The van der Waals surface area contributed by atoms with Crippen LogP contribution in [0.5, 0.6) is 0 Å². The summed E-state index contributed by atoms with van der Waals surface area (Å²) in [4.78, 5) is 24.8. The number of carbonyl (C=O) groups excluding carboxylic acids is 1. The molecule has 3 rings (SSSR count). The summed E-state index contributed by atoms with van der Waals surface area (Å²) in [5.74, 6) is 1.34. The van der Waals surface area contributed by atoms with Crippen LogP contribution in [0.25, 0.3) is 0 Å². The van der Waals surface area contributed by atoms with Crippen molar-refractivity contribution in [1.29, 1.82) is 0 Å². The minimum Gasteiger partial charge on any atom is -0.354 e. The molecule has 0 spiro atoms. The first-order chi connectivity index (χ1) is 10.7. The first-order valence-corrected chi connectivity index (χ1v) is 7.96. The number of piperazine rings is 1. The first-order valence-electron chi connectivity index (χ1n) is 7.08. The van der Waals surface area contributed by atoms with Gasteiger partial charge in [-0.05, 0) is 24.6 Å². The van der Waals surface area contributed by atoms with Gasteiger partial charge in [0.1, 0.15) is 18.0 Å². The van der Waals surface area contributed by atoms with Crippen LogP contribution >= 0.6 is 11.3 Å². The number of hydrogen-bond acceptors (Lipinski definition) is 6. The zero-order valence-corrected chi connectivity index (χ0v) is 13.1. The van der Waals surface area contributed by atoms with Crippen molar-refractivity contribution >= 4 is 34.0 Å². The smallest absolute Gasteiger partial charge is 0.325 e. The molecule has 7 nitrogen and oxygen atoms in total. The van der Waals surface area contributed by atoms with Gasteiger partial charge in [-0.1, -0.05) is 0 Å². The van der Waals surface area contributed by atoms with E-state index in [1.165, 1.54) is 17.7 Å². The molecule has 1 aliphatic heterocycles. The van der Waals surface area contributed by atoms with Crippen LogP contribution in [0.2, 0.25) is 0 Å². The van der Waals surface area contributed by atoms with Gasteiger partial charge in [-0.15, -0.1) is 11.3 Å². The molecular weight excluding hydrogens is 300 g/mol. The molecule has 0 radical (unpaired) electrons. The number of aromatic nitrogens is 2. The Kier molecular flexibility index (Phi) is 4.50. The van der Waals surface area contributed by atoms with E-state index < -0.39 is 0 Å². The van der Waals surface area contributed by atoms with Crippen molar-refractivity contribution < 1.29 is 4.79 Å². The molecule has 1 fully saturated rings. The molecule has 0 unspecified atom stereocenters. The van der Waals surface area contributed by atoms with Crippen molar-refractivity contribution in [2.24, 2.45) is 0 Å². The van der Waals surface area contributed by atoms with E-state index in [0.29, 0.717) is 5.82 Å². The standard InChI is InChI=1S/C14H18N6OS/c1-19-4-6-20(7-5-19)12-9-11(15-10-16-12)17-14(21)18-13-3-2-8-22-13/h2-3,8-10H,4-7H2,1H3,(H2,15,16,17,18,21). The minimum absolute atomic E-state index is 0.300. The van der Waals surface area contributed by atoms with E-state index >= 15 is 0 Å². The number of anilines is 3. The summed E-state index contributed by atoms with van der Waals surface area (Å²) >= 11 is 1.47. The van der Waals surface area contributed by atoms with E-state index in [4.69, 9.17) is 0 Å². The highest BCUT2D eigenvalue weighted by Crippen LogP contribution is 2.17. The first kappa shape index (κ1) is 14.7. The van der Waals surface area contributed by atoms with Gasteiger partial charge in [0, 0.05) is 32.2 Å². The predicted octanol–water partition coefficient (Wildman–Crippen LogP) is 1.93. The molecule has 1 aliphatic rings. The Bertz CT molecular complexity index is 624. The number of carbonyl (C=O) groups is 1. The summed E-state index contributed by atoms with van der Waals surface area (Å²) in [5.41, 5.74) is 0. The number of nitrogens with zero attached hydrogens (tertiary/aromatic N) is 4. The highest BCUT2D eigenvalue weighted by Gasteiger charge is 2.16. The second-order valence-corrected chi connectivity index (χ2v) is 6.06. The zero-order chi connectivity index (χ0) is 15.4. The highest BCUT2D eigenvalue weighted by atomic mass is 32.1. The lowest BCUT2D eigenvalue weighted by atomic mass is 10.3. The Morgan fingerprint density at radius 1 is 1.23 bits per heavy atom. The summed E-state index contributed by atoms with van der Waals surface area (Å²) in [7, 11) is 2.11. The molecule has 0 aliphatic carbocycles. The van der Waals surface area contributed by atoms with Crippen LogP contribution < -0.4 is 15.5 Å². The van der Waals surface area contributed by atoms with E-state index in [2.05, 4.69) is 37.4 Å².